The third-order valence-electron chi connectivity index (χ3n) is 13.1. The summed E-state index contributed by atoms with van der Waals surface area (Å²) < 4.78 is 76.1. The highest BCUT2D eigenvalue weighted by molar-refractivity contribution is 14.1. The lowest BCUT2D eigenvalue weighted by atomic mass is 10.0. The maximum Gasteiger partial charge on any atom is 0.258 e. The minimum atomic E-state index is -0.712. The van der Waals surface area contributed by atoms with Crippen molar-refractivity contribution in [3.05, 3.63) is 178 Å². The van der Waals surface area contributed by atoms with E-state index in [1.807, 2.05) is 27.0 Å². The molecule has 0 saturated carbocycles. The van der Waals surface area contributed by atoms with E-state index in [1.165, 1.54) is 76.9 Å². The Kier molecular flexibility index (Phi) is 23.7. The molecule has 0 aliphatic carbocycles. The molecular weight excluding hydrogens is 1390 g/mol. The van der Waals surface area contributed by atoms with Crippen molar-refractivity contribution < 1.29 is 50.5 Å². The van der Waals surface area contributed by atoms with Crippen LogP contribution < -0.4 is 36.7 Å². The Morgan fingerprint density at radius 3 is 1.92 bits per heavy atom. The monoisotopic (exact) mass is 1450 g/mol. The molecule has 0 unspecified atom stereocenters. The maximum absolute atomic E-state index is 14.0. The van der Waals surface area contributed by atoms with Crippen molar-refractivity contribution in [2.45, 2.75) is 98.8 Å². The zero-order valence-electron chi connectivity index (χ0n) is 49.2. The van der Waals surface area contributed by atoms with Crippen molar-refractivity contribution in [1.82, 2.24) is 60.5 Å². The molecule has 2 amide bonds. The molecule has 3 aromatic carbocycles. The summed E-state index contributed by atoms with van der Waals surface area (Å²) in [5, 5.41) is 14.9. The van der Waals surface area contributed by atoms with Gasteiger partial charge < -0.3 is 60.1 Å². The minimum absolute atomic E-state index is 0.0849. The number of nitrogen functional groups attached to an aromatic ring is 3. The van der Waals surface area contributed by atoms with Crippen LogP contribution in [0.15, 0.2) is 108 Å². The Morgan fingerprint density at radius 2 is 1.32 bits per heavy atom. The van der Waals surface area contributed by atoms with E-state index in [0.717, 1.165) is 45.7 Å². The number of aryl methyl sites for hydroxylation is 3. The minimum Gasteiger partial charge on any atom is -0.467 e. The summed E-state index contributed by atoms with van der Waals surface area (Å²) in [6, 6.07) is 16.2. The van der Waals surface area contributed by atoms with Crippen LogP contribution in [-0.4, -0.2) is 88.1 Å². The highest BCUT2D eigenvalue weighted by atomic mass is 127. The fourth-order valence-electron chi connectivity index (χ4n) is 8.52. The SMILES string of the molecule is CCc1cc(CN(C)C(=O)c2ccc(F)cc2[C@@H](C)Oc2nc(Br)cnc2N)on1.CCc1cc(CNC)on1.CCc1noc2c1-c1cnc(N)c(n1)O[C@H](C)c1cc(F)ccc1C(=O)N(C)C2.C[C@@H](Oc1nc(Br)cnc1N)c1cc(F)ccc1I. The number of benzene rings is 3. The van der Waals surface area contributed by atoms with Gasteiger partial charge in [-0.1, -0.05) is 36.2 Å². The lowest BCUT2D eigenvalue weighted by molar-refractivity contribution is 0.0760. The van der Waals surface area contributed by atoms with Crippen LogP contribution in [0.4, 0.5) is 30.6 Å². The van der Waals surface area contributed by atoms with Gasteiger partial charge in [-0.3, -0.25) is 9.59 Å². The number of rotatable bonds is 14. The summed E-state index contributed by atoms with van der Waals surface area (Å²) in [5.74, 6) is 0.841. The van der Waals surface area contributed by atoms with E-state index < -0.39 is 23.8 Å². The molecule has 464 valence electrons. The maximum atomic E-state index is 14.0. The summed E-state index contributed by atoms with van der Waals surface area (Å²) in [5.41, 5.74) is 23.2. The quantitative estimate of drug-likeness (QED) is 0.0735. The number of nitrogens with two attached hydrogens (primary N) is 3. The van der Waals surface area contributed by atoms with Gasteiger partial charge in [0.2, 0.25) is 0 Å². The fourth-order valence-corrected chi connectivity index (χ4v) is 9.82. The molecule has 7 N–H and O–H groups in total. The third-order valence-corrected chi connectivity index (χ3v) is 14.8. The molecule has 0 spiro atoms. The standard InChI is InChI=1S/C20H21BrFN5O3.C20H20FN5O3.C12H10BrFIN3O.C7H12N2O/c1-4-13-8-14(30-26-13)10-27(3)20(28)15-6-5-12(22)7-16(15)11(2)29-19-18(23)24-9-17(21)25-19;1-4-14-17-15-8-23-18(22)19(24-15)28-10(2)13-7-11(21)5-6-12(13)20(27)26(3)9-16(17)29-25-14;1-6(8-4-7(14)2-3-9(8)15)19-12-11(16)17-5-10(13)18-12;1-3-6-4-7(5-8-2)10-9-6/h5-9,11H,4,10H2,1-3H3,(H2,23,24);5-8,10H,4,9H2,1-3H3,(H2,22,23);2-6H,1H3,(H2,16,17);4,8H,3,5H2,1-2H3/t11-;10-;6-;/m111./s1. The summed E-state index contributed by atoms with van der Waals surface area (Å²) in [6.07, 6.45) is 4.94. The summed E-state index contributed by atoms with van der Waals surface area (Å²) in [4.78, 5) is 53.9. The van der Waals surface area contributed by atoms with Gasteiger partial charge in [-0.2, -0.15) is 0 Å². The number of hydrogen-bond donors (Lipinski definition) is 4. The average molecular weight is 1450 g/mol. The van der Waals surface area contributed by atoms with Crippen molar-refractivity contribution in [2.24, 2.45) is 0 Å². The Bertz CT molecular complexity index is 3880. The van der Waals surface area contributed by atoms with Gasteiger partial charge in [0, 0.05) is 57.6 Å². The van der Waals surface area contributed by atoms with Crippen molar-refractivity contribution >= 4 is 83.7 Å². The first-order valence-corrected chi connectivity index (χ1v) is 29.9. The van der Waals surface area contributed by atoms with E-state index in [-0.39, 0.29) is 71.9 Å². The number of anilines is 3. The van der Waals surface area contributed by atoms with Crippen molar-refractivity contribution in [3.8, 4) is 28.9 Å². The molecule has 10 rings (SSSR count). The molecule has 0 saturated heterocycles. The van der Waals surface area contributed by atoms with E-state index >= 15 is 0 Å². The number of amides is 2. The van der Waals surface area contributed by atoms with Crippen LogP contribution in [0.1, 0.15) is 132 Å². The second-order valence-corrected chi connectivity index (χ2v) is 22.3. The van der Waals surface area contributed by atoms with Crippen LogP contribution in [0.5, 0.6) is 17.6 Å². The molecule has 1 aliphatic heterocycles. The fraction of sp³-hybridized carbons (Fsp3) is 0.305. The van der Waals surface area contributed by atoms with Crippen LogP contribution in [0.3, 0.4) is 0 Å². The van der Waals surface area contributed by atoms with Crippen LogP contribution in [0, 0.1) is 21.0 Å². The predicted octanol–water partition coefficient (Wildman–Crippen LogP) is 11.7. The molecule has 3 atom stereocenters. The van der Waals surface area contributed by atoms with Gasteiger partial charge in [0.15, 0.2) is 34.7 Å². The molecule has 9 aromatic rings. The number of carbonyl (C=O) groups is 2. The van der Waals surface area contributed by atoms with Crippen LogP contribution in [0.25, 0.3) is 11.3 Å². The van der Waals surface area contributed by atoms with Crippen molar-refractivity contribution in [1.29, 1.82) is 0 Å². The second kappa shape index (κ2) is 31.1. The van der Waals surface area contributed by atoms with Gasteiger partial charge in [0.05, 0.1) is 66.6 Å². The molecule has 23 nitrogen and oxygen atoms in total. The zero-order chi connectivity index (χ0) is 63.9. The molecule has 0 radical (unpaired) electrons. The molecule has 7 heterocycles. The number of hydrogen-bond acceptors (Lipinski definition) is 21. The normalized spacial score (nSPS) is 13.2. The number of ether oxygens (including phenoxy) is 3. The highest BCUT2D eigenvalue weighted by Gasteiger charge is 2.29. The number of halogens is 6. The number of carbonyl (C=O) groups excluding carboxylic acids is 2. The Hall–Kier alpha value is -8.29. The first-order chi connectivity index (χ1) is 42.0. The zero-order valence-corrected chi connectivity index (χ0v) is 54.6. The van der Waals surface area contributed by atoms with E-state index in [2.05, 4.69) is 112 Å². The molecule has 29 heteroatoms. The van der Waals surface area contributed by atoms with Crippen LogP contribution in [-0.2, 0) is 38.9 Å². The van der Waals surface area contributed by atoms with Gasteiger partial charge in [-0.05, 0) is 156 Å². The number of fused-ring (bicyclic) bond motifs is 5. The Balaban J connectivity index is 0.000000178. The summed E-state index contributed by atoms with van der Waals surface area (Å²) >= 11 is 8.53. The molecular formula is C59H63Br2F3IN15O8. The molecule has 6 aromatic heterocycles. The van der Waals surface area contributed by atoms with Gasteiger partial charge in [-0.15, -0.1) is 0 Å². The van der Waals surface area contributed by atoms with Crippen molar-refractivity contribution in [2.75, 3.05) is 38.3 Å². The summed E-state index contributed by atoms with van der Waals surface area (Å²) in [6.45, 7) is 12.3. The summed E-state index contributed by atoms with van der Waals surface area (Å²) in [7, 11) is 5.16. The van der Waals surface area contributed by atoms with Gasteiger partial charge in [-0.25, -0.2) is 43.1 Å². The molecule has 0 fully saturated rings. The smallest absolute Gasteiger partial charge is 0.258 e. The van der Waals surface area contributed by atoms with E-state index in [1.54, 1.807) is 47.0 Å². The Labute approximate surface area is 535 Å². The first kappa shape index (κ1) is 67.2. The predicted molar refractivity (Wildman–Crippen MR) is 335 cm³/mol. The van der Waals surface area contributed by atoms with E-state index in [9.17, 15) is 22.8 Å². The van der Waals surface area contributed by atoms with Crippen LogP contribution in [0.2, 0.25) is 0 Å². The largest absolute Gasteiger partial charge is 0.467 e. The number of aromatic nitrogens is 9. The topological polar surface area (TPSA) is 314 Å². The van der Waals surface area contributed by atoms with E-state index in [0.29, 0.717) is 66.4 Å². The number of nitrogens with zero attached hydrogens (tertiary/aromatic N) is 11. The average Bonchev–Trinajstić information content (AvgIpc) is 1.83. The lowest BCUT2D eigenvalue weighted by Gasteiger charge is -2.23. The highest BCUT2D eigenvalue weighted by Crippen LogP contribution is 2.35. The van der Waals surface area contributed by atoms with Crippen molar-refractivity contribution in [3.63, 3.8) is 0 Å². The molecule has 1 aliphatic rings. The Morgan fingerprint density at radius 1 is 0.761 bits per heavy atom. The third kappa shape index (κ3) is 17.5. The molecule has 88 heavy (non-hydrogen) atoms. The van der Waals surface area contributed by atoms with Gasteiger partial charge in [0.1, 0.15) is 45.0 Å². The van der Waals surface area contributed by atoms with Gasteiger partial charge >= 0.3 is 0 Å². The lowest BCUT2D eigenvalue weighted by Crippen LogP contribution is -2.28. The number of nitrogens with one attached hydrogen (secondary N) is 1. The second-order valence-electron chi connectivity index (χ2n) is 19.5. The molecule has 2 bridgehead atoms. The van der Waals surface area contributed by atoms with Gasteiger partial charge in [0.25, 0.3) is 29.5 Å². The first-order valence-electron chi connectivity index (χ1n) is 27.2. The van der Waals surface area contributed by atoms with E-state index in [4.69, 9.17) is 45.0 Å². The van der Waals surface area contributed by atoms with Crippen LogP contribution >= 0.6 is 54.5 Å².